The molecular weight excluding hydrogens is 873 g/mol. The fourth-order valence-corrected chi connectivity index (χ4v) is 8.24. The van der Waals surface area contributed by atoms with Crippen LogP contribution in [0.5, 0.6) is 0 Å². The molecule has 4 aromatic rings. The first-order valence-corrected chi connectivity index (χ1v) is 23.6. The molecule has 4 heterocycles. The van der Waals surface area contributed by atoms with Crippen molar-refractivity contribution in [2.75, 3.05) is 89.2 Å². The highest BCUT2D eigenvalue weighted by Crippen LogP contribution is 2.25. The Morgan fingerprint density at radius 3 is 2.36 bits per heavy atom. The Balaban J connectivity index is 0.867. The number of anilines is 2. The molecule has 0 saturated carbocycles. The van der Waals surface area contributed by atoms with Crippen LogP contribution in [0.2, 0.25) is 0 Å². The molecule has 21 nitrogen and oxygen atoms in total. The Kier molecular flexibility index (Phi) is 21.3. The topological polar surface area (TPSA) is 280 Å². The number of carbonyl (C=O) groups is 4. The number of carboxylic acids is 2. The van der Waals surface area contributed by atoms with Crippen LogP contribution in [0.1, 0.15) is 67.8 Å². The summed E-state index contributed by atoms with van der Waals surface area (Å²) < 4.78 is 20.6. The van der Waals surface area contributed by atoms with E-state index in [0.717, 1.165) is 74.1 Å². The largest absolute Gasteiger partial charge is 0.480 e. The zero-order valence-electron chi connectivity index (χ0n) is 38.1. The smallest absolute Gasteiger partial charge is 0.321 e. The predicted octanol–water partition coefficient (Wildman–Crippen LogP) is 2.34. The van der Waals surface area contributed by atoms with Crippen molar-refractivity contribution in [1.82, 2.24) is 44.6 Å². The highest BCUT2D eigenvalue weighted by Gasteiger charge is 2.25. The van der Waals surface area contributed by atoms with E-state index in [1.54, 1.807) is 10.9 Å². The van der Waals surface area contributed by atoms with E-state index in [9.17, 15) is 24.3 Å². The number of hydrogen-bond donors (Lipinski definition) is 6. The molecule has 0 bridgehead atoms. The number of amides is 2. The monoisotopic (exact) mass is 938 g/mol. The van der Waals surface area contributed by atoms with Crippen LogP contribution >= 0.6 is 11.8 Å². The van der Waals surface area contributed by atoms with Gasteiger partial charge in [0.05, 0.1) is 57.8 Å². The van der Waals surface area contributed by atoms with Gasteiger partial charge in [0.2, 0.25) is 17.8 Å². The molecule has 66 heavy (non-hydrogen) atoms. The SMILES string of the molecule is CCCCCNc1nc(N)nc2ccn(Cc3ccc(CN4CCN(C(=O)CCCOCCOCCOCCn5cc(CNC(=O)C[C@@H](SC[C@H](N)C(=O)O)C(=O)O)nn5)CC4)cc3C)c12. The Bertz CT molecular complexity index is 2160. The van der Waals surface area contributed by atoms with Gasteiger partial charge in [-0.3, -0.25) is 24.1 Å². The lowest BCUT2D eigenvalue weighted by molar-refractivity contribution is -0.139. The molecule has 1 aromatic carbocycles. The quantitative estimate of drug-likeness (QED) is 0.0395. The number of piperazine rings is 1. The number of benzene rings is 1. The van der Waals surface area contributed by atoms with Crippen molar-refractivity contribution >= 4 is 58.3 Å². The maximum atomic E-state index is 12.9. The molecule has 362 valence electrons. The Morgan fingerprint density at radius 1 is 0.909 bits per heavy atom. The Hall–Kier alpha value is -5.39. The first kappa shape index (κ1) is 51.6. The van der Waals surface area contributed by atoms with Crippen LogP contribution in [-0.4, -0.2) is 163 Å². The minimum atomic E-state index is -1.24. The molecule has 2 amide bonds. The summed E-state index contributed by atoms with van der Waals surface area (Å²) >= 11 is 0.804. The zero-order chi connectivity index (χ0) is 47.3. The van der Waals surface area contributed by atoms with E-state index in [2.05, 4.69) is 72.4 Å². The van der Waals surface area contributed by atoms with Crippen LogP contribution in [0, 0.1) is 6.92 Å². The van der Waals surface area contributed by atoms with Crippen molar-refractivity contribution in [2.45, 2.75) is 89.8 Å². The molecule has 3 aromatic heterocycles. The summed E-state index contributed by atoms with van der Waals surface area (Å²) in [5.41, 5.74) is 17.4. The van der Waals surface area contributed by atoms with Crippen molar-refractivity contribution in [2.24, 2.45) is 5.73 Å². The number of thioether (sulfide) groups is 1. The molecular formula is C44H66N12O9S. The van der Waals surface area contributed by atoms with Crippen LogP contribution in [0.15, 0.2) is 36.7 Å². The average Bonchev–Trinajstić information content (AvgIpc) is 3.93. The minimum absolute atomic E-state index is 0.0509. The molecule has 0 radical (unpaired) electrons. The summed E-state index contributed by atoms with van der Waals surface area (Å²) in [7, 11) is 0. The van der Waals surface area contributed by atoms with E-state index >= 15 is 0 Å². The first-order chi connectivity index (χ1) is 31.9. The van der Waals surface area contributed by atoms with Crippen LogP contribution in [0.4, 0.5) is 11.8 Å². The summed E-state index contributed by atoms with van der Waals surface area (Å²) in [4.78, 5) is 60.9. The number of nitrogens with zero attached hydrogens (tertiary/aromatic N) is 8. The van der Waals surface area contributed by atoms with Gasteiger partial charge in [0.25, 0.3) is 0 Å². The van der Waals surface area contributed by atoms with Gasteiger partial charge in [0.15, 0.2) is 5.82 Å². The third-order valence-corrected chi connectivity index (χ3v) is 12.3. The van der Waals surface area contributed by atoms with Gasteiger partial charge in [0, 0.05) is 77.2 Å². The molecule has 2 atom stereocenters. The lowest BCUT2D eigenvalue weighted by Crippen LogP contribution is -2.48. The number of nitrogens with two attached hydrogens (primary N) is 2. The van der Waals surface area contributed by atoms with Gasteiger partial charge in [-0.15, -0.1) is 16.9 Å². The van der Waals surface area contributed by atoms with Gasteiger partial charge < -0.3 is 56.0 Å². The summed E-state index contributed by atoms with van der Waals surface area (Å²) in [6, 6.07) is 7.45. The van der Waals surface area contributed by atoms with E-state index in [4.69, 9.17) is 30.8 Å². The molecule has 0 spiro atoms. The maximum Gasteiger partial charge on any atom is 0.321 e. The number of aryl methyl sites for hydroxylation is 1. The number of ether oxygens (including phenoxy) is 3. The van der Waals surface area contributed by atoms with Crippen LogP contribution in [0.3, 0.4) is 0 Å². The summed E-state index contributed by atoms with van der Waals surface area (Å²) in [6.45, 7) is 12.7. The second-order valence-corrected chi connectivity index (χ2v) is 17.4. The molecule has 5 rings (SSSR count). The molecule has 1 aliphatic rings. The number of nitrogens with one attached hydrogen (secondary N) is 2. The van der Waals surface area contributed by atoms with E-state index in [1.165, 1.54) is 16.7 Å². The summed E-state index contributed by atoms with van der Waals surface area (Å²) in [5, 5.41) is 31.2. The van der Waals surface area contributed by atoms with E-state index < -0.39 is 29.1 Å². The zero-order valence-corrected chi connectivity index (χ0v) is 38.9. The lowest BCUT2D eigenvalue weighted by Gasteiger charge is -2.35. The van der Waals surface area contributed by atoms with E-state index in [-0.39, 0.29) is 30.6 Å². The second kappa shape index (κ2) is 27.3. The normalized spacial score (nSPS) is 14.1. The van der Waals surface area contributed by atoms with Crippen LogP contribution in [-0.2, 0) is 59.6 Å². The van der Waals surface area contributed by atoms with Crippen molar-refractivity contribution in [3.05, 3.63) is 59.0 Å². The highest BCUT2D eigenvalue weighted by molar-refractivity contribution is 8.00. The lowest BCUT2D eigenvalue weighted by atomic mass is 10.0. The molecule has 1 aliphatic heterocycles. The number of aromatic nitrogens is 6. The molecule has 0 aliphatic carbocycles. The van der Waals surface area contributed by atoms with Gasteiger partial charge >= 0.3 is 11.9 Å². The number of nitrogen functional groups attached to an aromatic ring is 1. The third kappa shape index (κ3) is 17.1. The van der Waals surface area contributed by atoms with Crippen molar-refractivity contribution in [3.63, 3.8) is 0 Å². The second-order valence-electron chi connectivity index (χ2n) is 16.2. The molecule has 1 saturated heterocycles. The number of fused-ring (bicyclic) bond motifs is 1. The number of carboxylic acid groups (broad SMARTS) is 2. The molecule has 0 unspecified atom stereocenters. The van der Waals surface area contributed by atoms with Gasteiger partial charge in [0.1, 0.15) is 22.5 Å². The van der Waals surface area contributed by atoms with E-state index in [1.807, 2.05) is 17.2 Å². The number of unbranched alkanes of at least 4 members (excludes halogenated alkanes) is 2. The number of rotatable bonds is 31. The summed E-state index contributed by atoms with van der Waals surface area (Å²) in [6.07, 6.45) is 7.84. The van der Waals surface area contributed by atoms with Crippen molar-refractivity contribution < 1.29 is 43.6 Å². The Morgan fingerprint density at radius 2 is 1.65 bits per heavy atom. The number of aliphatic carboxylic acids is 2. The highest BCUT2D eigenvalue weighted by atomic mass is 32.2. The van der Waals surface area contributed by atoms with Gasteiger partial charge in [-0.25, -0.2) is 9.67 Å². The maximum absolute atomic E-state index is 12.9. The van der Waals surface area contributed by atoms with Gasteiger partial charge in [-0.05, 0) is 42.5 Å². The first-order valence-electron chi connectivity index (χ1n) is 22.6. The summed E-state index contributed by atoms with van der Waals surface area (Å²) in [5.74, 6) is -1.92. The number of carbonyl (C=O) groups excluding carboxylic acids is 2. The van der Waals surface area contributed by atoms with Gasteiger partial charge in [-0.2, -0.15) is 4.98 Å². The molecule has 22 heteroatoms. The average molecular weight is 939 g/mol. The fourth-order valence-electron chi connectivity index (χ4n) is 7.24. The van der Waals surface area contributed by atoms with E-state index in [0.29, 0.717) is 84.4 Å². The van der Waals surface area contributed by atoms with Crippen LogP contribution < -0.4 is 22.1 Å². The van der Waals surface area contributed by atoms with Gasteiger partial charge in [-0.1, -0.05) is 43.2 Å². The third-order valence-electron chi connectivity index (χ3n) is 11.0. The fraction of sp³-hybridized carbons (Fsp3) is 0.591. The van der Waals surface area contributed by atoms with Crippen molar-refractivity contribution in [3.8, 4) is 0 Å². The predicted molar refractivity (Wildman–Crippen MR) is 250 cm³/mol. The van der Waals surface area contributed by atoms with Crippen molar-refractivity contribution in [1.29, 1.82) is 0 Å². The standard InChI is InChI=1S/C44H66N12O9S/c1-3-4-5-11-47-41-40-36(49-44(46)50-41)10-12-55(40)28-33-9-8-32(24-31(33)2)27-53-13-15-54(16-14-53)39(58)7-6-18-63-20-22-65-23-21-64-19-17-56-29-34(51-52-56)26-48-38(57)25-37(43(61)62)66-30-35(45)42(59)60/h8-10,12,24,29,35,37H,3-7,11,13-23,25-28,30,45H2,1-2H3,(H,48,57)(H,59,60)(H,61,62)(H3,46,47,49,50)/t35-,37+/m0/s1. The van der Waals surface area contributed by atoms with Crippen LogP contribution in [0.25, 0.3) is 11.0 Å². The molecule has 8 N–H and O–H groups in total. The minimum Gasteiger partial charge on any atom is -0.480 e. The number of hydrogen-bond acceptors (Lipinski definition) is 16. The molecule has 1 fully saturated rings. The Labute approximate surface area is 389 Å².